The normalized spacial score (nSPS) is 14.3. The Morgan fingerprint density at radius 1 is 1.09 bits per heavy atom. The number of hydrogen-bond acceptors (Lipinski definition) is 9. The number of carbonyl (C=O) groups is 2. The zero-order valence-electron chi connectivity index (χ0n) is 20.9. The molecular weight excluding hydrogens is 426 g/mol. The molecule has 2 aromatic heterocycles. The van der Waals surface area contributed by atoms with Crippen molar-refractivity contribution in [2.45, 2.75) is 12.8 Å². The third-order valence-corrected chi connectivity index (χ3v) is 4.92. The van der Waals surface area contributed by atoms with E-state index >= 15 is 0 Å². The van der Waals surface area contributed by atoms with E-state index in [1.165, 1.54) is 32.7 Å². The summed E-state index contributed by atoms with van der Waals surface area (Å²) in [6.45, 7) is -2.74. The Morgan fingerprint density at radius 2 is 1.88 bits per heavy atom. The van der Waals surface area contributed by atoms with Crippen molar-refractivity contribution in [2.24, 2.45) is 5.92 Å². The molecule has 4 rings (SSSR count). The number of aromatic nitrogens is 4. The Balaban J connectivity index is 1.72. The van der Waals surface area contributed by atoms with Crippen molar-refractivity contribution in [3.63, 3.8) is 0 Å². The van der Waals surface area contributed by atoms with Gasteiger partial charge in [0.2, 0.25) is 5.91 Å². The van der Waals surface area contributed by atoms with Gasteiger partial charge in [0.05, 0.1) is 43.6 Å². The van der Waals surface area contributed by atoms with Gasteiger partial charge in [0, 0.05) is 23.1 Å². The molecule has 0 saturated heterocycles. The van der Waals surface area contributed by atoms with E-state index in [1.54, 1.807) is 18.2 Å². The van der Waals surface area contributed by atoms with Gasteiger partial charge in [0.15, 0.2) is 28.8 Å². The summed E-state index contributed by atoms with van der Waals surface area (Å²) in [6, 6.07) is 6.55. The van der Waals surface area contributed by atoms with E-state index in [4.69, 9.17) is 13.6 Å². The van der Waals surface area contributed by atoms with Crippen LogP contribution < -0.4 is 25.4 Å². The van der Waals surface area contributed by atoms with Gasteiger partial charge in [-0.2, -0.15) is 0 Å². The molecule has 0 aliphatic heterocycles. The molecule has 1 saturated carbocycles. The number of para-hydroxylation sites is 1. The van der Waals surface area contributed by atoms with Gasteiger partial charge in [-0.25, -0.2) is 9.97 Å². The van der Waals surface area contributed by atoms with Crippen LogP contribution in [0.5, 0.6) is 11.5 Å². The first-order valence-corrected chi connectivity index (χ1v) is 10.00. The smallest absolute Gasteiger partial charge is 0.273 e. The fraction of sp³-hybridized carbons (Fsp3) is 0.273. The molecule has 170 valence electrons. The van der Waals surface area contributed by atoms with Crippen molar-refractivity contribution in [3.05, 3.63) is 42.4 Å². The molecule has 0 unspecified atom stereocenters. The number of ether oxygens (including phenoxy) is 2. The molecule has 11 nitrogen and oxygen atoms in total. The monoisotopic (exact) mass is 452 g/mol. The first kappa shape index (κ1) is 18.3. The van der Waals surface area contributed by atoms with Gasteiger partial charge in [-0.15, -0.1) is 10.2 Å². The fourth-order valence-electron chi connectivity index (χ4n) is 3.09. The lowest BCUT2D eigenvalue weighted by atomic mass is 10.1. The highest BCUT2D eigenvalue weighted by Gasteiger charge is 2.30. The van der Waals surface area contributed by atoms with E-state index in [2.05, 4.69) is 30.8 Å². The van der Waals surface area contributed by atoms with E-state index in [-0.39, 0.29) is 29.0 Å². The first-order chi connectivity index (χ1) is 17.2. The van der Waals surface area contributed by atoms with Gasteiger partial charge in [-0.1, -0.05) is 6.07 Å². The van der Waals surface area contributed by atoms with Gasteiger partial charge in [-0.3, -0.25) is 9.59 Å². The summed E-state index contributed by atoms with van der Waals surface area (Å²) in [7, 11) is 2.97. The lowest BCUT2D eigenvalue weighted by Crippen LogP contribution is -2.22. The number of anilines is 3. The second-order valence-electron chi connectivity index (χ2n) is 7.17. The van der Waals surface area contributed by atoms with E-state index in [1.807, 2.05) is 5.32 Å². The number of amides is 2. The number of nitrogens with one attached hydrogen (secondary N) is 3. The SMILES string of the molecule is [2H]C([2H])([2H])NC(=O)c1nnc(NC(=O)C2CC2)cc1Nc1cccc(-c2ncc(OC)cn2)c1OC. The largest absolute Gasteiger partial charge is 0.494 e. The summed E-state index contributed by atoms with van der Waals surface area (Å²) in [5.74, 6) is 0.0500. The minimum Gasteiger partial charge on any atom is -0.494 e. The maximum Gasteiger partial charge on any atom is 0.273 e. The van der Waals surface area contributed by atoms with Crippen LogP contribution in [0.3, 0.4) is 0 Å². The summed E-state index contributed by atoms with van der Waals surface area (Å²) in [4.78, 5) is 33.4. The summed E-state index contributed by atoms with van der Waals surface area (Å²) >= 11 is 0. The van der Waals surface area contributed by atoms with E-state index in [9.17, 15) is 9.59 Å². The third kappa shape index (κ3) is 4.81. The van der Waals surface area contributed by atoms with E-state index < -0.39 is 12.9 Å². The minimum atomic E-state index is -2.74. The molecule has 1 aliphatic rings. The molecule has 1 aromatic carbocycles. The Kier molecular flexibility index (Phi) is 5.25. The molecule has 2 heterocycles. The molecule has 0 atom stereocenters. The molecule has 1 aliphatic carbocycles. The highest BCUT2D eigenvalue weighted by atomic mass is 16.5. The van der Waals surface area contributed by atoms with Crippen molar-refractivity contribution in [1.82, 2.24) is 25.5 Å². The molecule has 0 bridgehead atoms. The summed E-state index contributed by atoms with van der Waals surface area (Å²) in [6.07, 6.45) is 4.61. The van der Waals surface area contributed by atoms with Gasteiger partial charge < -0.3 is 25.4 Å². The van der Waals surface area contributed by atoms with Crippen LogP contribution in [-0.2, 0) is 4.79 Å². The minimum absolute atomic E-state index is 0.0805. The van der Waals surface area contributed by atoms with Crippen molar-refractivity contribution in [3.8, 4) is 22.9 Å². The number of nitrogens with zero attached hydrogens (tertiary/aromatic N) is 4. The second kappa shape index (κ2) is 9.47. The van der Waals surface area contributed by atoms with Crippen molar-refractivity contribution >= 4 is 29.0 Å². The van der Waals surface area contributed by atoms with Crippen LogP contribution in [0.1, 0.15) is 27.4 Å². The number of hydrogen-bond donors (Lipinski definition) is 3. The molecule has 3 aromatic rings. The van der Waals surface area contributed by atoms with Gasteiger partial charge >= 0.3 is 0 Å². The number of carbonyl (C=O) groups excluding carboxylic acids is 2. The Labute approximate surface area is 194 Å². The summed E-state index contributed by atoms with van der Waals surface area (Å²) < 4.78 is 32.7. The van der Waals surface area contributed by atoms with Gasteiger partial charge in [0.25, 0.3) is 5.91 Å². The predicted octanol–water partition coefficient (Wildman–Crippen LogP) is 2.40. The molecule has 2 amide bonds. The predicted molar refractivity (Wildman–Crippen MR) is 121 cm³/mol. The number of rotatable bonds is 8. The average molecular weight is 452 g/mol. The number of benzene rings is 1. The number of methoxy groups -OCH3 is 2. The Hall–Kier alpha value is -4.28. The molecule has 0 radical (unpaired) electrons. The molecule has 3 N–H and O–H groups in total. The molecular formula is C22H23N7O4. The van der Waals surface area contributed by atoms with Crippen LogP contribution in [0.4, 0.5) is 17.2 Å². The molecule has 0 spiro atoms. The molecule has 11 heteroatoms. The zero-order chi connectivity index (χ0) is 25.9. The maximum absolute atomic E-state index is 12.7. The van der Waals surface area contributed by atoms with Crippen molar-refractivity contribution in [2.75, 3.05) is 31.8 Å². The van der Waals surface area contributed by atoms with Crippen LogP contribution in [0.2, 0.25) is 0 Å². The fourth-order valence-corrected chi connectivity index (χ4v) is 3.09. The zero-order valence-corrected chi connectivity index (χ0v) is 17.9. The quantitative estimate of drug-likeness (QED) is 0.470. The van der Waals surface area contributed by atoms with Gasteiger partial charge in [0.1, 0.15) is 0 Å². The maximum atomic E-state index is 12.7. The van der Waals surface area contributed by atoms with E-state index in [0.717, 1.165) is 12.8 Å². The third-order valence-electron chi connectivity index (χ3n) is 4.92. The van der Waals surface area contributed by atoms with Crippen molar-refractivity contribution in [1.29, 1.82) is 0 Å². The lowest BCUT2D eigenvalue weighted by Gasteiger charge is -2.16. The molecule has 33 heavy (non-hydrogen) atoms. The highest BCUT2D eigenvalue weighted by molar-refractivity contribution is 6.00. The van der Waals surface area contributed by atoms with Crippen molar-refractivity contribution < 1.29 is 23.2 Å². The summed E-state index contributed by atoms with van der Waals surface area (Å²) in [5, 5.41) is 15.4. The lowest BCUT2D eigenvalue weighted by molar-refractivity contribution is -0.117. The first-order valence-electron chi connectivity index (χ1n) is 11.5. The highest BCUT2D eigenvalue weighted by Crippen LogP contribution is 2.37. The topological polar surface area (TPSA) is 140 Å². The standard InChI is InChI=1S/C22H23N7O4/c1-23-22(31)18-16(9-17(28-29-18)27-21(30)12-7-8-12)26-15-6-4-5-14(19(15)33-3)20-24-10-13(32-2)11-25-20/h4-6,9-12H,7-8H2,1-3H3,(H,23,31)(H2,26,27,28,30)/i1D3. The second-order valence-corrected chi connectivity index (χ2v) is 7.17. The molecule has 1 fully saturated rings. The van der Waals surface area contributed by atoms with Crippen LogP contribution in [0, 0.1) is 5.92 Å². The summed E-state index contributed by atoms with van der Waals surface area (Å²) in [5.41, 5.74) is 0.764. The van der Waals surface area contributed by atoms with Crippen LogP contribution >= 0.6 is 0 Å². The Bertz CT molecular complexity index is 1280. The average Bonchev–Trinajstić information content (AvgIpc) is 3.69. The van der Waals surface area contributed by atoms with Crippen LogP contribution in [0.25, 0.3) is 11.4 Å². The van der Waals surface area contributed by atoms with Crippen LogP contribution in [-0.4, -0.2) is 53.2 Å². The Morgan fingerprint density at radius 3 is 2.55 bits per heavy atom. The van der Waals surface area contributed by atoms with E-state index in [0.29, 0.717) is 28.6 Å². The van der Waals surface area contributed by atoms with Gasteiger partial charge in [-0.05, 0) is 25.0 Å². The van der Waals surface area contributed by atoms with Crippen LogP contribution in [0.15, 0.2) is 36.7 Å².